The van der Waals surface area contributed by atoms with E-state index in [4.69, 9.17) is 10.8 Å². The van der Waals surface area contributed by atoms with Gasteiger partial charge in [-0.3, -0.25) is 4.79 Å². The molecular weight excluding hydrogens is 292 g/mol. The molecule has 1 aromatic rings. The number of hydrogen-bond acceptors (Lipinski definition) is 5. The average molecular weight is 306 g/mol. The fourth-order valence-electron chi connectivity index (χ4n) is 1.28. The minimum Gasteiger partial charge on any atom is -0.477 e. The standard InChI is InChI=1S/C10H14N2O5S2/c11-8(13)3-1-2-6-12-19(16,17)9-5-4-7(18-9)10(14)15/h4-5,12H,1-3,6H2,(H2,11,13)(H,14,15). The molecule has 0 saturated carbocycles. The second kappa shape index (κ2) is 6.64. The number of carbonyl (C=O) groups excluding carboxylic acids is 1. The predicted octanol–water partition coefficient (Wildman–Crippen LogP) is 0.380. The molecule has 1 heterocycles. The van der Waals surface area contributed by atoms with Crippen LogP contribution in [0.2, 0.25) is 0 Å². The Kier molecular flexibility index (Phi) is 5.45. The Balaban J connectivity index is 2.51. The molecule has 0 aliphatic carbocycles. The highest BCUT2D eigenvalue weighted by molar-refractivity contribution is 7.91. The van der Waals surface area contributed by atoms with Gasteiger partial charge in [0.05, 0.1) is 0 Å². The molecule has 106 valence electrons. The number of thiophene rings is 1. The molecule has 0 saturated heterocycles. The molecule has 0 atom stereocenters. The number of carbonyl (C=O) groups is 2. The summed E-state index contributed by atoms with van der Waals surface area (Å²) in [6, 6.07) is 2.49. The molecule has 0 spiro atoms. The number of primary amides is 1. The van der Waals surface area contributed by atoms with Crippen LogP contribution >= 0.6 is 11.3 Å². The monoisotopic (exact) mass is 306 g/mol. The van der Waals surface area contributed by atoms with E-state index in [1.165, 1.54) is 12.1 Å². The second-order valence-corrected chi connectivity index (χ2v) is 6.82. The first-order valence-electron chi connectivity index (χ1n) is 5.44. The molecule has 7 nitrogen and oxygen atoms in total. The van der Waals surface area contributed by atoms with Crippen LogP contribution in [0.3, 0.4) is 0 Å². The highest BCUT2D eigenvalue weighted by Crippen LogP contribution is 2.21. The van der Waals surface area contributed by atoms with Gasteiger partial charge in [-0.25, -0.2) is 17.9 Å². The van der Waals surface area contributed by atoms with E-state index in [9.17, 15) is 18.0 Å². The molecule has 1 amide bonds. The largest absolute Gasteiger partial charge is 0.477 e. The van der Waals surface area contributed by atoms with Crippen LogP contribution in [-0.4, -0.2) is 31.9 Å². The summed E-state index contributed by atoms with van der Waals surface area (Å²) in [5.41, 5.74) is 4.95. The molecular formula is C10H14N2O5S2. The van der Waals surface area contributed by atoms with E-state index < -0.39 is 21.9 Å². The average Bonchev–Trinajstić information content (AvgIpc) is 2.77. The lowest BCUT2D eigenvalue weighted by Crippen LogP contribution is -2.24. The van der Waals surface area contributed by atoms with Crippen LogP contribution in [-0.2, 0) is 14.8 Å². The number of aromatic carboxylic acids is 1. The second-order valence-electron chi connectivity index (χ2n) is 3.75. The van der Waals surface area contributed by atoms with Gasteiger partial charge in [-0.05, 0) is 25.0 Å². The van der Waals surface area contributed by atoms with Gasteiger partial charge < -0.3 is 10.8 Å². The Morgan fingerprint density at radius 2 is 2.00 bits per heavy atom. The van der Waals surface area contributed by atoms with Crippen LogP contribution in [0, 0.1) is 0 Å². The zero-order valence-electron chi connectivity index (χ0n) is 9.96. The zero-order valence-corrected chi connectivity index (χ0v) is 11.6. The number of nitrogens with one attached hydrogen (secondary N) is 1. The maximum atomic E-state index is 11.8. The van der Waals surface area contributed by atoms with Crippen molar-refractivity contribution in [1.29, 1.82) is 0 Å². The van der Waals surface area contributed by atoms with Gasteiger partial charge in [0, 0.05) is 13.0 Å². The Morgan fingerprint density at radius 1 is 1.32 bits per heavy atom. The minimum atomic E-state index is -3.68. The third kappa shape index (κ3) is 4.97. The number of carboxylic acids is 1. The Bertz CT molecular complexity index is 564. The lowest BCUT2D eigenvalue weighted by Gasteiger charge is -2.03. The highest BCUT2D eigenvalue weighted by Gasteiger charge is 2.18. The van der Waals surface area contributed by atoms with Crippen LogP contribution in [0.15, 0.2) is 16.3 Å². The number of rotatable bonds is 8. The molecule has 4 N–H and O–H groups in total. The van der Waals surface area contributed by atoms with Gasteiger partial charge in [-0.15, -0.1) is 11.3 Å². The van der Waals surface area contributed by atoms with Gasteiger partial charge in [0.2, 0.25) is 15.9 Å². The Morgan fingerprint density at radius 3 is 2.53 bits per heavy atom. The Hall–Kier alpha value is -1.45. The van der Waals surface area contributed by atoms with Crippen molar-refractivity contribution in [2.24, 2.45) is 5.73 Å². The molecule has 9 heteroatoms. The SMILES string of the molecule is NC(=O)CCCCNS(=O)(=O)c1ccc(C(=O)O)s1. The number of sulfonamides is 1. The van der Waals surface area contributed by atoms with Crippen molar-refractivity contribution in [3.63, 3.8) is 0 Å². The zero-order chi connectivity index (χ0) is 14.5. The van der Waals surface area contributed by atoms with Crippen molar-refractivity contribution in [3.8, 4) is 0 Å². The quantitative estimate of drug-likeness (QED) is 0.598. The molecule has 0 aliphatic heterocycles. The summed E-state index contributed by atoms with van der Waals surface area (Å²) in [6.07, 6.45) is 1.20. The summed E-state index contributed by atoms with van der Waals surface area (Å²) in [5.74, 6) is -1.58. The summed E-state index contributed by atoms with van der Waals surface area (Å²) < 4.78 is 25.9. The number of hydrogen-bond donors (Lipinski definition) is 3. The lowest BCUT2D eigenvalue weighted by molar-refractivity contribution is -0.118. The summed E-state index contributed by atoms with van der Waals surface area (Å²) in [6.45, 7) is 0.177. The molecule has 1 aromatic heterocycles. The first kappa shape index (κ1) is 15.6. The molecule has 0 bridgehead atoms. The molecule has 0 fully saturated rings. The van der Waals surface area contributed by atoms with Crippen LogP contribution in [0.5, 0.6) is 0 Å². The van der Waals surface area contributed by atoms with Gasteiger partial charge in [-0.1, -0.05) is 0 Å². The van der Waals surface area contributed by atoms with E-state index in [0.29, 0.717) is 24.2 Å². The third-order valence-electron chi connectivity index (χ3n) is 2.20. The molecule has 19 heavy (non-hydrogen) atoms. The summed E-state index contributed by atoms with van der Waals surface area (Å²) in [4.78, 5) is 21.1. The van der Waals surface area contributed by atoms with E-state index in [-0.39, 0.29) is 22.1 Å². The van der Waals surface area contributed by atoms with Crippen molar-refractivity contribution >= 4 is 33.2 Å². The molecule has 0 radical (unpaired) electrons. The fraction of sp³-hybridized carbons (Fsp3) is 0.400. The molecule has 0 aliphatic rings. The molecule has 0 aromatic carbocycles. The van der Waals surface area contributed by atoms with E-state index >= 15 is 0 Å². The molecule has 1 rings (SSSR count). The van der Waals surface area contributed by atoms with Crippen LogP contribution in [0.4, 0.5) is 0 Å². The molecule has 0 unspecified atom stereocenters. The lowest BCUT2D eigenvalue weighted by atomic mass is 10.2. The van der Waals surface area contributed by atoms with Gasteiger partial charge in [0.15, 0.2) is 0 Å². The first-order chi connectivity index (χ1) is 8.83. The number of carboxylic acid groups (broad SMARTS) is 1. The topological polar surface area (TPSA) is 127 Å². The van der Waals surface area contributed by atoms with Crippen LogP contribution in [0.1, 0.15) is 28.9 Å². The summed E-state index contributed by atoms with van der Waals surface area (Å²) in [5, 5.41) is 8.71. The summed E-state index contributed by atoms with van der Waals surface area (Å²) >= 11 is 0.692. The van der Waals surface area contributed by atoms with Crippen molar-refractivity contribution in [1.82, 2.24) is 4.72 Å². The predicted molar refractivity (Wildman–Crippen MR) is 69.5 cm³/mol. The normalized spacial score (nSPS) is 11.4. The number of nitrogens with two attached hydrogens (primary N) is 1. The first-order valence-corrected chi connectivity index (χ1v) is 7.74. The summed E-state index contributed by atoms with van der Waals surface area (Å²) in [7, 11) is -3.68. The third-order valence-corrected chi connectivity index (χ3v) is 5.23. The van der Waals surface area contributed by atoms with Crippen molar-refractivity contribution in [3.05, 3.63) is 17.0 Å². The van der Waals surface area contributed by atoms with E-state index in [1.807, 2.05) is 0 Å². The van der Waals surface area contributed by atoms with Gasteiger partial charge in [-0.2, -0.15) is 0 Å². The van der Waals surface area contributed by atoms with Crippen LogP contribution in [0.25, 0.3) is 0 Å². The van der Waals surface area contributed by atoms with Crippen molar-refractivity contribution in [2.75, 3.05) is 6.54 Å². The fourth-order valence-corrected chi connectivity index (χ4v) is 3.55. The number of unbranched alkanes of at least 4 members (excludes halogenated alkanes) is 1. The van der Waals surface area contributed by atoms with Gasteiger partial charge in [0.1, 0.15) is 9.09 Å². The maximum Gasteiger partial charge on any atom is 0.345 e. The minimum absolute atomic E-state index is 0.0332. The number of amides is 1. The van der Waals surface area contributed by atoms with Gasteiger partial charge in [0.25, 0.3) is 0 Å². The van der Waals surface area contributed by atoms with Crippen molar-refractivity contribution < 1.29 is 23.1 Å². The maximum absolute atomic E-state index is 11.8. The smallest absolute Gasteiger partial charge is 0.345 e. The van der Waals surface area contributed by atoms with E-state index in [1.54, 1.807) is 0 Å². The Labute approximate surface area is 114 Å². The highest BCUT2D eigenvalue weighted by atomic mass is 32.2. The van der Waals surface area contributed by atoms with Crippen LogP contribution < -0.4 is 10.5 Å². The van der Waals surface area contributed by atoms with Crippen molar-refractivity contribution in [2.45, 2.75) is 23.5 Å². The van der Waals surface area contributed by atoms with Gasteiger partial charge >= 0.3 is 5.97 Å². The van der Waals surface area contributed by atoms with E-state index in [2.05, 4.69) is 4.72 Å². The van der Waals surface area contributed by atoms with E-state index in [0.717, 1.165) is 0 Å².